The third-order valence-corrected chi connectivity index (χ3v) is 3.93. The van der Waals surface area contributed by atoms with Crippen molar-refractivity contribution in [3.8, 4) is 0 Å². The summed E-state index contributed by atoms with van der Waals surface area (Å²) in [7, 11) is 0. The van der Waals surface area contributed by atoms with Crippen molar-refractivity contribution in [2.75, 3.05) is 19.6 Å². The van der Waals surface area contributed by atoms with Gasteiger partial charge in [0.1, 0.15) is 0 Å². The molecule has 1 aliphatic heterocycles. The number of benzene rings is 1. The van der Waals surface area contributed by atoms with Crippen LogP contribution in [0.25, 0.3) is 0 Å². The van der Waals surface area contributed by atoms with Crippen LogP contribution >= 0.6 is 0 Å². The third kappa shape index (κ3) is 5.03. The van der Waals surface area contributed by atoms with Gasteiger partial charge in [-0.25, -0.2) is 0 Å². The number of hydrogen-bond donors (Lipinski definition) is 1. The fourth-order valence-electron chi connectivity index (χ4n) is 2.85. The van der Waals surface area contributed by atoms with E-state index in [1.807, 2.05) is 6.07 Å². The quantitative estimate of drug-likeness (QED) is 0.856. The highest BCUT2D eigenvalue weighted by atomic mass is 16.4. The number of carbonyl (C=O) groups is 1. The molecular formula is C16H23NO2. The van der Waals surface area contributed by atoms with Crippen LogP contribution in [0.5, 0.6) is 0 Å². The Morgan fingerprint density at radius 2 is 2.11 bits per heavy atom. The molecule has 1 aliphatic rings. The minimum Gasteiger partial charge on any atom is -0.481 e. The molecule has 0 radical (unpaired) electrons. The minimum absolute atomic E-state index is 0.317. The molecule has 19 heavy (non-hydrogen) atoms. The molecule has 3 heteroatoms. The molecule has 104 valence electrons. The van der Waals surface area contributed by atoms with E-state index in [-0.39, 0.29) is 0 Å². The Labute approximate surface area is 115 Å². The molecule has 3 nitrogen and oxygen atoms in total. The first-order valence-corrected chi connectivity index (χ1v) is 7.22. The normalized spacial score (nSPS) is 20.3. The highest BCUT2D eigenvalue weighted by Gasteiger charge is 2.20. The molecule has 0 aliphatic carbocycles. The van der Waals surface area contributed by atoms with E-state index in [1.165, 1.54) is 18.4 Å². The van der Waals surface area contributed by atoms with Crippen molar-refractivity contribution in [3.05, 3.63) is 35.9 Å². The first kappa shape index (κ1) is 14.1. The van der Waals surface area contributed by atoms with Crippen molar-refractivity contribution in [1.29, 1.82) is 0 Å². The van der Waals surface area contributed by atoms with Gasteiger partial charge in [0.15, 0.2) is 0 Å². The van der Waals surface area contributed by atoms with Crippen LogP contribution in [0.4, 0.5) is 0 Å². The average molecular weight is 261 g/mol. The van der Waals surface area contributed by atoms with Gasteiger partial charge in [-0.1, -0.05) is 30.3 Å². The molecule has 1 aromatic rings. The zero-order chi connectivity index (χ0) is 13.5. The van der Waals surface area contributed by atoms with E-state index in [2.05, 4.69) is 29.2 Å². The van der Waals surface area contributed by atoms with Crippen LogP contribution in [0.15, 0.2) is 30.3 Å². The molecule has 1 saturated heterocycles. The summed E-state index contributed by atoms with van der Waals surface area (Å²) in [5, 5.41) is 8.75. The lowest BCUT2D eigenvalue weighted by molar-refractivity contribution is -0.137. The first-order valence-electron chi connectivity index (χ1n) is 7.22. The summed E-state index contributed by atoms with van der Waals surface area (Å²) in [5.41, 5.74) is 1.38. The van der Waals surface area contributed by atoms with Crippen molar-refractivity contribution in [2.45, 2.75) is 32.1 Å². The van der Waals surface area contributed by atoms with Crippen LogP contribution in [0.2, 0.25) is 0 Å². The maximum absolute atomic E-state index is 10.6. The van der Waals surface area contributed by atoms with Crippen LogP contribution in [-0.2, 0) is 11.2 Å². The molecule has 0 bridgehead atoms. The maximum Gasteiger partial charge on any atom is 0.303 e. The monoisotopic (exact) mass is 261 g/mol. The smallest absolute Gasteiger partial charge is 0.303 e. The van der Waals surface area contributed by atoms with Gasteiger partial charge in [-0.2, -0.15) is 0 Å². The number of nitrogens with zero attached hydrogens (tertiary/aromatic N) is 1. The highest BCUT2D eigenvalue weighted by Crippen LogP contribution is 2.21. The Morgan fingerprint density at radius 1 is 1.32 bits per heavy atom. The zero-order valence-electron chi connectivity index (χ0n) is 11.4. The first-order chi connectivity index (χ1) is 9.24. The van der Waals surface area contributed by atoms with Crippen LogP contribution in [0.3, 0.4) is 0 Å². The molecular weight excluding hydrogens is 238 g/mol. The lowest BCUT2D eigenvalue weighted by Crippen LogP contribution is -2.36. The van der Waals surface area contributed by atoms with Crippen LogP contribution in [0, 0.1) is 5.92 Å². The van der Waals surface area contributed by atoms with Gasteiger partial charge in [0.05, 0.1) is 0 Å². The molecule has 1 unspecified atom stereocenters. The minimum atomic E-state index is -0.665. The number of rotatable bonds is 6. The molecule has 0 spiro atoms. The van der Waals surface area contributed by atoms with Crippen LogP contribution < -0.4 is 0 Å². The Kier molecular flexibility index (Phi) is 5.40. The van der Waals surface area contributed by atoms with Crippen LogP contribution in [0.1, 0.15) is 31.2 Å². The van der Waals surface area contributed by atoms with E-state index in [9.17, 15) is 4.79 Å². The summed E-state index contributed by atoms with van der Waals surface area (Å²) in [5.74, 6) is -0.0953. The van der Waals surface area contributed by atoms with Crippen molar-refractivity contribution in [3.63, 3.8) is 0 Å². The number of piperidine rings is 1. The number of aliphatic carboxylic acids is 1. The van der Waals surface area contributed by atoms with Crippen molar-refractivity contribution < 1.29 is 9.90 Å². The second-order valence-corrected chi connectivity index (χ2v) is 5.48. The van der Waals surface area contributed by atoms with Gasteiger partial charge in [-0.15, -0.1) is 0 Å². The average Bonchev–Trinajstić information content (AvgIpc) is 2.44. The molecule has 1 heterocycles. The Hall–Kier alpha value is -1.35. The lowest BCUT2D eigenvalue weighted by Gasteiger charge is -2.32. The second kappa shape index (κ2) is 7.29. The van der Waals surface area contributed by atoms with Gasteiger partial charge < -0.3 is 10.0 Å². The van der Waals surface area contributed by atoms with Gasteiger partial charge >= 0.3 is 5.97 Å². The van der Waals surface area contributed by atoms with Gasteiger partial charge in [0.2, 0.25) is 0 Å². The fourth-order valence-corrected chi connectivity index (χ4v) is 2.85. The predicted octanol–water partition coefficient (Wildman–Crippen LogP) is 2.81. The maximum atomic E-state index is 10.6. The fraction of sp³-hybridized carbons (Fsp3) is 0.562. The van der Waals surface area contributed by atoms with Crippen LogP contribution in [-0.4, -0.2) is 35.6 Å². The van der Waals surface area contributed by atoms with Crippen molar-refractivity contribution in [1.82, 2.24) is 4.90 Å². The summed E-state index contributed by atoms with van der Waals surface area (Å²) in [6.07, 6.45) is 4.63. The molecule has 1 fully saturated rings. The van der Waals surface area contributed by atoms with E-state index < -0.39 is 5.97 Å². The van der Waals surface area contributed by atoms with E-state index in [4.69, 9.17) is 5.11 Å². The molecule has 0 amide bonds. The predicted molar refractivity (Wildman–Crippen MR) is 76.2 cm³/mol. The zero-order valence-corrected chi connectivity index (χ0v) is 11.4. The molecule has 1 N–H and O–H groups in total. The van der Waals surface area contributed by atoms with E-state index >= 15 is 0 Å². The molecule has 0 aromatic heterocycles. The topological polar surface area (TPSA) is 40.5 Å². The number of hydrogen-bond acceptors (Lipinski definition) is 2. The van der Waals surface area contributed by atoms with Crippen molar-refractivity contribution in [2.24, 2.45) is 5.92 Å². The summed E-state index contributed by atoms with van der Waals surface area (Å²) in [6.45, 7) is 3.32. The van der Waals surface area contributed by atoms with E-state index in [1.54, 1.807) is 0 Å². The molecule has 0 saturated carbocycles. The summed E-state index contributed by atoms with van der Waals surface area (Å²) in [6, 6.07) is 10.6. The van der Waals surface area contributed by atoms with Gasteiger partial charge in [0, 0.05) is 19.5 Å². The Balaban J connectivity index is 1.73. The van der Waals surface area contributed by atoms with Gasteiger partial charge in [-0.05, 0) is 43.7 Å². The number of likely N-dealkylation sites (tertiary alicyclic amines) is 1. The summed E-state index contributed by atoms with van der Waals surface area (Å²) in [4.78, 5) is 13.1. The molecule has 1 aromatic carbocycles. The largest absolute Gasteiger partial charge is 0.481 e. The Morgan fingerprint density at radius 3 is 2.84 bits per heavy atom. The highest BCUT2D eigenvalue weighted by molar-refractivity contribution is 5.66. The summed E-state index contributed by atoms with van der Waals surface area (Å²) < 4.78 is 0. The van der Waals surface area contributed by atoms with E-state index in [0.29, 0.717) is 12.3 Å². The van der Waals surface area contributed by atoms with Gasteiger partial charge in [-0.3, -0.25) is 4.79 Å². The lowest BCUT2D eigenvalue weighted by atomic mass is 9.93. The Bertz CT molecular complexity index is 391. The second-order valence-electron chi connectivity index (χ2n) is 5.48. The summed E-state index contributed by atoms with van der Waals surface area (Å²) >= 11 is 0. The van der Waals surface area contributed by atoms with Crippen molar-refractivity contribution >= 4 is 5.97 Å². The van der Waals surface area contributed by atoms with E-state index in [0.717, 1.165) is 32.5 Å². The SMILES string of the molecule is O=C(O)CCC1CCCN(CCc2ccccc2)C1. The third-order valence-electron chi connectivity index (χ3n) is 3.93. The number of carboxylic acid groups (broad SMARTS) is 1. The standard InChI is InChI=1S/C16H23NO2/c18-16(19)9-8-15-7-4-11-17(13-15)12-10-14-5-2-1-3-6-14/h1-3,5-6,15H,4,7-13H2,(H,18,19). The number of carboxylic acids is 1. The molecule has 2 rings (SSSR count). The molecule has 1 atom stereocenters. The van der Waals surface area contributed by atoms with Gasteiger partial charge in [0.25, 0.3) is 0 Å².